The van der Waals surface area contributed by atoms with Gasteiger partial charge in [-0.3, -0.25) is 4.79 Å². The van der Waals surface area contributed by atoms with Gasteiger partial charge in [-0.1, -0.05) is 19.1 Å². The number of carbonyl (C=O) groups is 1. The van der Waals surface area contributed by atoms with Crippen molar-refractivity contribution in [2.24, 2.45) is 11.8 Å². The Hall–Kier alpha value is -3.57. The van der Waals surface area contributed by atoms with Crippen LogP contribution in [0.15, 0.2) is 48.8 Å². The topological polar surface area (TPSA) is 71.1 Å². The van der Waals surface area contributed by atoms with Crippen LogP contribution in [-0.4, -0.2) is 84.2 Å². The van der Waals surface area contributed by atoms with E-state index < -0.39 is 0 Å². The molecule has 1 amide bonds. The molecule has 2 atom stereocenters. The smallest absolute Gasteiger partial charge is 0.227 e. The fourth-order valence-electron chi connectivity index (χ4n) is 5.63. The number of benzene rings is 1. The number of hydrogen-bond donors (Lipinski definition) is 0. The predicted molar refractivity (Wildman–Crippen MR) is 141 cm³/mol. The molecular weight excluding hydrogens is 450 g/mol. The average Bonchev–Trinajstić information content (AvgIpc) is 3.61. The van der Waals surface area contributed by atoms with Crippen LogP contribution in [0.4, 0.5) is 11.4 Å². The maximum absolute atomic E-state index is 12.6. The van der Waals surface area contributed by atoms with Crippen LogP contribution in [0.3, 0.4) is 0 Å². The number of nitriles is 1. The third-order valence-corrected chi connectivity index (χ3v) is 8.08. The first-order valence-corrected chi connectivity index (χ1v) is 13.1. The van der Waals surface area contributed by atoms with Gasteiger partial charge >= 0.3 is 0 Å². The Balaban J connectivity index is 1.15. The van der Waals surface area contributed by atoms with Gasteiger partial charge in [-0.25, -0.2) is 4.52 Å². The minimum Gasteiger partial charge on any atom is -0.369 e. The molecule has 4 heterocycles. The van der Waals surface area contributed by atoms with Crippen LogP contribution in [0.2, 0.25) is 0 Å². The lowest BCUT2D eigenvalue weighted by atomic mass is 10.1. The van der Waals surface area contributed by atoms with Gasteiger partial charge in [0.1, 0.15) is 0 Å². The second-order valence-corrected chi connectivity index (χ2v) is 10.1. The summed E-state index contributed by atoms with van der Waals surface area (Å²) >= 11 is 0. The molecule has 2 aliphatic heterocycles. The lowest BCUT2D eigenvalue weighted by molar-refractivity contribution is -0.133. The first kappa shape index (κ1) is 22.9. The number of likely N-dealkylation sites (N-methyl/N-ethyl adjacent to an activating group) is 1. The van der Waals surface area contributed by atoms with Crippen LogP contribution >= 0.6 is 0 Å². The van der Waals surface area contributed by atoms with Crippen molar-refractivity contribution in [1.29, 1.82) is 5.26 Å². The Morgan fingerprint density at radius 3 is 2.36 bits per heavy atom. The number of hydrogen-bond acceptors (Lipinski definition) is 6. The third kappa shape index (κ3) is 4.28. The monoisotopic (exact) mass is 483 g/mol. The highest BCUT2D eigenvalue weighted by Crippen LogP contribution is 2.39. The van der Waals surface area contributed by atoms with Gasteiger partial charge in [-0.2, -0.15) is 10.4 Å². The maximum Gasteiger partial charge on any atom is 0.227 e. The van der Waals surface area contributed by atoms with Gasteiger partial charge in [0.2, 0.25) is 5.91 Å². The Morgan fingerprint density at radius 1 is 0.972 bits per heavy atom. The minimum absolute atomic E-state index is 0.0742. The average molecular weight is 484 g/mol. The molecule has 186 valence electrons. The molecule has 8 nitrogen and oxygen atoms in total. The second-order valence-electron chi connectivity index (χ2n) is 10.1. The van der Waals surface area contributed by atoms with E-state index in [1.807, 2.05) is 15.6 Å². The molecule has 0 bridgehead atoms. The Labute approximate surface area is 212 Å². The standard InChI is InChI=1S/C28H33N7O/c1-2-31-9-11-32(12-10-31)24-5-3-21(4-6-24)23-18-27-26(7-8-30-35(27)20-23)33-13-15-34(16-14-33)28(36)25-17-22(25)19-29/h3-8,18,20,22,25H,2,9-17H2,1H3/t22-,25-/m0/s1. The molecule has 1 aliphatic carbocycles. The summed E-state index contributed by atoms with van der Waals surface area (Å²) < 4.78 is 1.96. The molecule has 3 fully saturated rings. The molecule has 0 radical (unpaired) electrons. The molecule has 3 aliphatic rings. The lowest BCUT2D eigenvalue weighted by Gasteiger charge is -2.36. The van der Waals surface area contributed by atoms with E-state index in [9.17, 15) is 4.79 Å². The number of carbonyl (C=O) groups excluding carboxylic acids is 1. The molecule has 2 aromatic heterocycles. The summed E-state index contributed by atoms with van der Waals surface area (Å²) in [6, 6.07) is 15.4. The third-order valence-electron chi connectivity index (χ3n) is 8.08. The predicted octanol–water partition coefficient (Wildman–Crippen LogP) is 2.95. The number of rotatable bonds is 5. The number of aromatic nitrogens is 2. The molecule has 6 rings (SSSR count). The number of anilines is 2. The Morgan fingerprint density at radius 2 is 1.69 bits per heavy atom. The summed E-state index contributed by atoms with van der Waals surface area (Å²) in [5.41, 5.74) is 5.86. The normalized spacial score (nSPS) is 22.6. The highest BCUT2D eigenvalue weighted by atomic mass is 16.2. The van der Waals surface area contributed by atoms with E-state index in [0.29, 0.717) is 13.1 Å². The van der Waals surface area contributed by atoms with Gasteiger partial charge in [0.25, 0.3) is 0 Å². The van der Waals surface area contributed by atoms with E-state index in [1.54, 1.807) is 0 Å². The van der Waals surface area contributed by atoms with E-state index in [4.69, 9.17) is 5.26 Å². The van der Waals surface area contributed by atoms with E-state index in [-0.39, 0.29) is 17.7 Å². The summed E-state index contributed by atoms with van der Waals surface area (Å²) in [6.07, 6.45) is 4.68. The zero-order chi connectivity index (χ0) is 24.6. The Kier molecular flexibility index (Phi) is 6.02. The van der Waals surface area contributed by atoms with Crippen molar-refractivity contribution in [2.45, 2.75) is 13.3 Å². The van der Waals surface area contributed by atoms with E-state index in [0.717, 1.165) is 69.0 Å². The molecule has 1 aromatic carbocycles. The first-order chi connectivity index (χ1) is 17.6. The molecule has 0 unspecified atom stereocenters. The van der Waals surface area contributed by atoms with Crippen LogP contribution in [0, 0.1) is 23.2 Å². The zero-order valence-corrected chi connectivity index (χ0v) is 20.9. The maximum atomic E-state index is 12.6. The molecule has 0 spiro atoms. The van der Waals surface area contributed by atoms with Gasteiger partial charge in [0.05, 0.1) is 29.1 Å². The summed E-state index contributed by atoms with van der Waals surface area (Å²) in [4.78, 5) is 21.9. The Bertz CT molecular complexity index is 1280. The minimum atomic E-state index is -0.0743. The van der Waals surface area contributed by atoms with Crippen molar-refractivity contribution < 1.29 is 4.79 Å². The molecule has 1 saturated carbocycles. The molecular formula is C28H33N7O. The van der Waals surface area contributed by atoms with Gasteiger partial charge in [-0.15, -0.1) is 0 Å². The van der Waals surface area contributed by atoms with Crippen LogP contribution in [-0.2, 0) is 4.79 Å². The van der Waals surface area contributed by atoms with Crippen molar-refractivity contribution in [2.75, 3.05) is 68.7 Å². The van der Waals surface area contributed by atoms with Gasteiger partial charge < -0.3 is 19.6 Å². The highest BCUT2D eigenvalue weighted by molar-refractivity contribution is 5.83. The van der Waals surface area contributed by atoms with Crippen LogP contribution in [0.5, 0.6) is 0 Å². The van der Waals surface area contributed by atoms with E-state index >= 15 is 0 Å². The summed E-state index contributed by atoms with van der Waals surface area (Å²) in [5, 5.41) is 13.6. The number of piperazine rings is 2. The molecule has 3 aromatic rings. The summed E-state index contributed by atoms with van der Waals surface area (Å²) in [7, 11) is 0. The van der Waals surface area contributed by atoms with E-state index in [2.05, 4.69) is 75.4 Å². The van der Waals surface area contributed by atoms with Crippen molar-refractivity contribution in [1.82, 2.24) is 19.4 Å². The largest absolute Gasteiger partial charge is 0.369 e. The highest BCUT2D eigenvalue weighted by Gasteiger charge is 2.45. The van der Waals surface area contributed by atoms with E-state index in [1.165, 1.54) is 11.3 Å². The molecule has 36 heavy (non-hydrogen) atoms. The summed E-state index contributed by atoms with van der Waals surface area (Å²) in [5.74, 6) is 0.00581. The van der Waals surface area contributed by atoms with Gasteiger partial charge in [-0.05, 0) is 42.8 Å². The fourth-order valence-corrected chi connectivity index (χ4v) is 5.63. The molecule has 0 N–H and O–H groups in total. The molecule has 2 saturated heterocycles. The second kappa shape index (κ2) is 9.47. The fraction of sp³-hybridized carbons (Fsp3) is 0.464. The van der Waals surface area contributed by atoms with Crippen molar-refractivity contribution in [3.63, 3.8) is 0 Å². The van der Waals surface area contributed by atoms with Crippen LogP contribution in [0.25, 0.3) is 16.6 Å². The molecule has 8 heteroatoms. The van der Waals surface area contributed by atoms with Crippen molar-refractivity contribution >= 4 is 22.8 Å². The van der Waals surface area contributed by atoms with Crippen molar-refractivity contribution in [3.05, 3.63) is 48.8 Å². The zero-order valence-electron chi connectivity index (χ0n) is 20.9. The quantitative estimate of drug-likeness (QED) is 0.556. The number of fused-ring (bicyclic) bond motifs is 1. The van der Waals surface area contributed by atoms with Crippen molar-refractivity contribution in [3.8, 4) is 17.2 Å². The van der Waals surface area contributed by atoms with Gasteiger partial charge in [0.15, 0.2) is 0 Å². The van der Waals surface area contributed by atoms with Crippen LogP contribution in [0.1, 0.15) is 13.3 Å². The summed E-state index contributed by atoms with van der Waals surface area (Å²) in [6.45, 7) is 10.7. The number of amides is 1. The number of nitrogens with zero attached hydrogens (tertiary/aromatic N) is 7. The van der Waals surface area contributed by atoms with Crippen LogP contribution < -0.4 is 9.80 Å². The lowest BCUT2D eigenvalue weighted by Crippen LogP contribution is -2.49. The SMILES string of the molecule is CCN1CCN(c2ccc(-c3cc4c(N5CCN(C(=O)[C@H]6C[C@H]6C#N)CC5)ccnn4c3)cc2)CC1. The first-order valence-electron chi connectivity index (χ1n) is 13.1. The van der Waals surface area contributed by atoms with Gasteiger partial charge in [0, 0.05) is 76.0 Å².